The lowest BCUT2D eigenvalue weighted by Crippen LogP contribution is -2.31. The molecule has 0 aliphatic carbocycles. The molecule has 0 radical (unpaired) electrons. The zero-order valence-electron chi connectivity index (χ0n) is 16.9. The van der Waals surface area contributed by atoms with Crippen molar-refractivity contribution in [2.45, 2.75) is 40.2 Å². The van der Waals surface area contributed by atoms with Crippen molar-refractivity contribution in [2.75, 3.05) is 4.90 Å². The molecule has 2 aromatic rings. The van der Waals surface area contributed by atoms with Gasteiger partial charge in [0.1, 0.15) is 5.75 Å². The number of hydrogen-bond donors (Lipinski definition) is 2. The molecule has 0 bridgehead atoms. The van der Waals surface area contributed by atoms with E-state index in [0.29, 0.717) is 11.3 Å². The molecular formula is C23H24ClNO4. The van der Waals surface area contributed by atoms with E-state index in [1.165, 1.54) is 17.0 Å². The summed E-state index contributed by atoms with van der Waals surface area (Å²) in [5.74, 6) is -1.48. The first-order valence-electron chi connectivity index (χ1n) is 9.46. The second kappa shape index (κ2) is 7.91. The van der Waals surface area contributed by atoms with E-state index < -0.39 is 17.7 Å². The fourth-order valence-corrected chi connectivity index (χ4v) is 3.92. The highest BCUT2D eigenvalue weighted by molar-refractivity contribution is 6.32. The molecule has 0 fully saturated rings. The maximum atomic E-state index is 13.0. The fourth-order valence-electron chi connectivity index (χ4n) is 3.74. The normalized spacial score (nSPS) is 16.8. The Labute approximate surface area is 175 Å². The maximum absolute atomic E-state index is 13.0. The molecule has 0 saturated heterocycles. The highest BCUT2D eigenvalue weighted by atomic mass is 35.5. The van der Waals surface area contributed by atoms with E-state index in [2.05, 4.69) is 0 Å². The molecule has 2 N–H and O–H groups in total. The number of phenolic OH excluding ortho intramolecular Hbond substituents is 1. The summed E-state index contributed by atoms with van der Waals surface area (Å²) in [6.07, 6.45) is 0.204. The molecule has 1 amide bonds. The third kappa shape index (κ3) is 4.01. The van der Waals surface area contributed by atoms with E-state index in [1.807, 2.05) is 45.9 Å². The number of benzene rings is 2. The quantitative estimate of drug-likeness (QED) is 0.708. The van der Waals surface area contributed by atoms with Crippen LogP contribution in [-0.2, 0) is 9.59 Å². The number of aliphatic hydroxyl groups is 1. The lowest BCUT2D eigenvalue weighted by molar-refractivity contribution is -0.118. The van der Waals surface area contributed by atoms with E-state index in [4.69, 9.17) is 11.6 Å². The number of amides is 1. The minimum atomic E-state index is -0.826. The van der Waals surface area contributed by atoms with Gasteiger partial charge in [0.05, 0.1) is 16.6 Å². The van der Waals surface area contributed by atoms with Gasteiger partial charge in [-0.15, -0.1) is 0 Å². The van der Waals surface area contributed by atoms with Crippen molar-refractivity contribution < 1.29 is 19.8 Å². The Morgan fingerprint density at radius 3 is 2.28 bits per heavy atom. The van der Waals surface area contributed by atoms with Crippen LogP contribution in [0.15, 0.2) is 47.7 Å². The van der Waals surface area contributed by atoms with Gasteiger partial charge < -0.3 is 10.2 Å². The van der Waals surface area contributed by atoms with Crippen LogP contribution in [0, 0.1) is 19.8 Å². The Morgan fingerprint density at radius 2 is 1.72 bits per heavy atom. The molecule has 3 rings (SSSR count). The molecule has 1 heterocycles. The first-order chi connectivity index (χ1) is 13.6. The van der Waals surface area contributed by atoms with Crippen molar-refractivity contribution in [3.63, 3.8) is 0 Å². The third-order valence-corrected chi connectivity index (χ3v) is 5.18. The monoisotopic (exact) mass is 413 g/mol. The minimum absolute atomic E-state index is 0.0598. The predicted molar refractivity (Wildman–Crippen MR) is 113 cm³/mol. The van der Waals surface area contributed by atoms with Crippen LogP contribution < -0.4 is 4.90 Å². The zero-order chi connectivity index (χ0) is 21.5. The number of nitrogens with zero attached hydrogens (tertiary/aromatic N) is 1. The summed E-state index contributed by atoms with van der Waals surface area (Å²) in [5.41, 5.74) is 3.09. The Balaban J connectivity index is 2.21. The van der Waals surface area contributed by atoms with E-state index >= 15 is 0 Å². The molecule has 0 spiro atoms. The molecule has 152 valence electrons. The summed E-state index contributed by atoms with van der Waals surface area (Å²) in [6.45, 7) is 7.64. The van der Waals surface area contributed by atoms with Gasteiger partial charge in [0.2, 0.25) is 0 Å². The molecule has 29 heavy (non-hydrogen) atoms. The maximum Gasteiger partial charge on any atom is 0.294 e. The van der Waals surface area contributed by atoms with E-state index in [9.17, 15) is 19.8 Å². The van der Waals surface area contributed by atoms with Crippen LogP contribution in [0.1, 0.15) is 43.0 Å². The number of anilines is 1. The van der Waals surface area contributed by atoms with E-state index in [-0.39, 0.29) is 34.5 Å². The van der Waals surface area contributed by atoms with Gasteiger partial charge in [0.15, 0.2) is 11.5 Å². The molecule has 1 atom stereocenters. The van der Waals surface area contributed by atoms with Gasteiger partial charge in [0, 0.05) is 12.1 Å². The number of ketones is 1. The summed E-state index contributed by atoms with van der Waals surface area (Å²) >= 11 is 6.10. The lowest BCUT2D eigenvalue weighted by atomic mass is 9.92. The highest BCUT2D eigenvalue weighted by Crippen LogP contribution is 2.43. The van der Waals surface area contributed by atoms with Gasteiger partial charge in [-0.25, -0.2) is 0 Å². The minimum Gasteiger partial charge on any atom is -0.506 e. The number of aliphatic hydroxyl groups excluding tert-OH is 1. The van der Waals surface area contributed by atoms with Gasteiger partial charge >= 0.3 is 0 Å². The average Bonchev–Trinajstić information content (AvgIpc) is 2.87. The van der Waals surface area contributed by atoms with Crippen molar-refractivity contribution in [3.05, 3.63) is 69.4 Å². The van der Waals surface area contributed by atoms with Crippen LogP contribution in [0.2, 0.25) is 5.02 Å². The third-order valence-electron chi connectivity index (χ3n) is 4.87. The summed E-state index contributed by atoms with van der Waals surface area (Å²) in [7, 11) is 0. The van der Waals surface area contributed by atoms with Crippen LogP contribution in [-0.4, -0.2) is 21.9 Å². The number of halogens is 1. The Bertz CT molecular complexity index is 1010. The zero-order valence-corrected chi connectivity index (χ0v) is 17.6. The summed E-state index contributed by atoms with van der Waals surface area (Å²) in [5, 5.41) is 20.6. The topological polar surface area (TPSA) is 77.8 Å². The van der Waals surface area contributed by atoms with Crippen LogP contribution in [0.5, 0.6) is 5.75 Å². The van der Waals surface area contributed by atoms with Crippen LogP contribution in [0.3, 0.4) is 0 Å². The SMILES string of the molecule is Cc1cc(C)cc(N2C(=O)C(O)=C(C(=O)CC(C)C)C2c2ccc(O)c(Cl)c2)c1. The number of Topliss-reactive ketones (excluding diaryl/α,β-unsaturated/α-hetero) is 1. The number of carbonyl (C=O) groups is 2. The Morgan fingerprint density at radius 1 is 1.10 bits per heavy atom. The first kappa shape index (κ1) is 20.9. The number of hydrogen-bond acceptors (Lipinski definition) is 4. The van der Waals surface area contributed by atoms with Gasteiger partial charge in [0.25, 0.3) is 5.91 Å². The predicted octanol–water partition coefficient (Wildman–Crippen LogP) is 5.18. The number of phenols is 1. The van der Waals surface area contributed by atoms with Crippen molar-refractivity contribution >= 4 is 29.0 Å². The molecule has 6 heteroatoms. The highest BCUT2D eigenvalue weighted by Gasteiger charge is 2.44. The Kier molecular flexibility index (Phi) is 5.71. The molecular weight excluding hydrogens is 390 g/mol. The average molecular weight is 414 g/mol. The second-order valence-electron chi connectivity index (χ2n) is 7.92. The van der Waals surface area contributed by atoms with Crippen molar-refractivity contribution in [3.8, 4) is 5.75 Å². The summed E-state index contributed by atoms with van der Waals surface area (Å²) in [4.78, 5) is 27.4. The van der Waals surface area contributed by atoms with Crippen LogP contribution in [0.25, 0.3) is 0 Å². The van der Waals surface area contributed by atoms with Gasteiger partial charge in [-0.1, -0.05) is 37.6 Å². The number of rotatable bonds is 5. The number of carbonyl (C=O) groups excluding carboxylic acids is 2. The van der Waals surface area contributed by atoms with E-state index in [1.54, 1.807) is 6.07 Å². The second-order valence-corrected chi connectivity index (χ2v) is 8.33. The molecule has 1 unspecified atom stereocenters. The fraction of sp³-hybridized carbons (Fsp3) is 0.304. The lowest BCUT2D eigenvalue weighted by Gasteiger charge is -2.28. The smallest absolute Gasteiger partial charge is 0.294 e. The molecule has 1 aliphatic rings. The molecule has 2 aromatic carbocycles. The molecule has 0 aromatic heterocycles. The number of aryl methyl sites for hydroxylation is 2. The van der Waals surface area contributed by atoms with Gasteiger partial charge in [-0.2, -0.15) is 0 Å². The van der Waals surface area contributed by atoms with Gasteiger partial charge in [-0.3, -0.25) is 14.5 Å². The summed E-state index contributed by atoms with van der Waals surface area (Å²) < 4.78 is 0. The van der Waals surface area contributed by atoms with Gasteiger partial charge in [-0.05, 0) is 60.7 Å². The van der Waals surface area contributed by atoms with Crippen molar-refractivity contribution in [2.24, 2.45) is 5.92 Å². The van der Waals surface area contributed by atoms with Crippen molar-refractivity contribution in [1.29, 1.82) is 0 Å². The molecule has 5 nitrogen and oxygen atoms in total. The van der Waals surface area contributed by atoms with E-state index in [0.717, 1.165) is 11.1 Å². The van der Waals surface area contributed by atoms with Crippen LogP contribution >= 0.6 is 11.6 Å². The molecule has 0 saturated carbocycles. The number of aromatic hydroxyl groups is 1. The van der Waals surface area contributed by atoms with Crippen molar-refractivity contribution in [1.82, 2.24) is 0 Å². The van der Waals surface area contributed by atoms with Crippen LogP contribution in [0.4, 0.5) is 5.69 Å². The molecule has 1 aliphatic heterocycles. The Hall–Kier alpha value is -2.79. The first-order valence-corrected chi connectivity index (χ1v) is 9.84. The largest absolute Gasteiger partial charge is 0.506 e. The standard InChI is InChI=1S/C23H24ClNO4/c1-12(2)7-19(27)20-21(15-5-6-18(26)17(24)11-15)25(23(29)22(20)28)16-9-13(3)8-14(4)10-16/h5-6,8-12,21,26,28H,7H2,1-4H3. The summed E-state index contributed by atoms with van der Waals surface area (Å²) in [6, 6.07) is 9.37.